The molecule has 0 aliphatic carbocycles. The molecule has 0 aromatic carbocycles. The number of thiazole rings is 1. The largest absolute Gasteiger partial charge is 0.465 e. The Morgan fingerprint density at radius 1 is 1.79 bits per heavy atom. The molecule has 2 atom stereocenters. The van der Waals surface area contributed by atoms with Crippen LogP contribution in [0.15, 0.2) is 10.9 Å². The third-order valence-electron chi connectivity index (χ3n) is 2.83. The molecule has 0 radical (unpaired) electrons. The molecule has 1 N–H and O–H groups in total. The van der Waals surface area contributed by atoms with Gasteiger partial charge in [-0.15, -0.1) is 11.3 Å². The number of hydrogen-bond acceptors (Lipinski definition) is 3. The fraction of sp³-hybridized carbons (Fsp3) is 0.556. The highest BCUT2D eigenvalue weighted by atomic mass is 32.1. The number of carbonyl (C=O) groups is 1. The van der Waals surface area contributed by atoms with Crippen LogP contribution in [-0.4, -0.2) is 33.7 Å². The van der Waals surface area contributed by atoms with Gasteiger partial charge in [0.15, 0.2) is 0 Å². The number of amides is 1. The molecule has 76 valence electrons. The number of likely N-dealkylation sites (tertiary alicyclic amines) is 1. The van der Waals surface area contributed by atoms with Crippen molar-refractivity contribution in [1.29, 1.82) is 0 Å². The van der Waals surface area contributed by atoms with E-state index in [9.17, 15) is 4.79 Å². The summed E-state index contributed by atoms with van der Waals surface area (Å²) in [5.74, 6) is 0.275. The maximum atomic E-state index is 10.8. The van der Waals surface area contributed by atoms with E-state index in [1.54, 1.807) is 16.8 Å². The van der Waals surface area contributed by atoms with Crippen molar-refractivity contribution in [3.63, 3.8) is 0 Å². The number of aromatic nitrogens is 1. The molecular formula is C9H12N2O2S. The zero-order valence-electron chi connectivity index (χ0n) is 7.88. The van der Waals surface area contributed by atoms with Gasteiger partial charge in [0.25, 0.3) is 0 Å². The molecule has 1 amide bonds. The van der Waals surface area contributed by atoms with E-state index < -0.39 is 6.09 Å². The molecule has 1 aliphatic rings. The highest BCUT2D eigenvalue weighted by Crippen LogP contribution is 2.32. The van der Waals surface area contributed by atoms with Gasteiger partial charge < -0.3 is 10.0 Å². The van der Waals surface area contributed by atoms with E-state index in [4.69, 9.17) is 5.11 Å². The van der Waals surface area contributed by atoms with Gasteiger partial charge in [0.1, 0.15) is 0 Å². The molecular weight excluding hydrogens is 200 g/mol. The second-order valence-corrected chi connectivity index (χ2v) is 4.24. The summed E-state index contributed by atoms with van der Waals surface area (Å²) in [6.45, 7) is 2.57. The first kappa shape index (κ1) is 9.45. The molecule has 2 heterocycles. The average Bonchev–Trinajstić information content (AvgIpc) is 2.71. The van der Waals surface area contributed by atoms with E-state index in [1.165, 1.54) is 4.90 Å². The second-order valence-electron chi connectivity index (χ2n) is 3.53. The Kier molecular flexibility index (Phi) is 2.41. The van der Waals surface area contributed by atoms with Crippen LogP contribution in [0.3, 0.4) is 0 Å². The molecule has 0 spiro atoms. The van der Waals surface area contributed by atoms with Crippen molar-refractivity contribution in [3.8, 4) is 0 Å². The second kappa shape index (κ2) is 3.57. The van der Waals surface area contributed by atoms with Gasteiger partial charge >= 0.3 is 6.09 Å². The van der Waals surface area contributed by atoms with Crippen molar-refractivity contribution < 1.29 is 9.90 Å². The van der Waals surface area contributed by atoms with Gasteiger partial charge in [0.2, 0.25) is 0 Å². The summed E-state index contributed by atoms with van der Waals surface area (Å²) in [5, 5.41) is 10.9. The van der Waals surface area contributed by atoms with Gasteiger partial charge in [-0.1, -0.05) is 0 Å². The van der Waals surface area contributed by atoms with Crippen LogP contribution in [-0.2, 0) is 0 Å². The molecule has 1 fully saturated rings. The maximum absolute atomic E-state index is 10.8. The lowest BCUT2D eigenvalue weighted by atomic mass is 9.99. The Hall–Kier alpha value is -1.10. The standard InChI is InChI=1S/C9H12N2O2S/c1-6-7(8-4-14-5-10-8)2-3-11(6)9(12)13/h4-7H,2-3H2,1H3,(H,12,13). The zero-order valence-corrected chi connectivity index (χ0v) is 8.70. The minimum Gasteiger partial charge on any atom is -0.465 e. The summed E-state index contributed by atoms with van der Waals surface area (Å²) in [5.41, 5.74) is 2.83. The van der Waals surface area contributed by atoms with Crippen molar-refractivity contribution in [3.05, 3.63) is 16.6 Å². The van der Waals surface area contributed by atoms with Gasteiger partial charge in [-0.3, -0.25) is 0 Å². The van der Waals surface area contributed by atoms with Crippen LogP contribution >= 0.6 is 11.3 Å². The minimum atomic E-state index is -0.824. The molecule has 1 aliphatic heterocycles. The summed E-state index contributed by atoms with van der Waals surface area (Å²) >= 11 is 1.56. The summed E-state index contributed by atoms with van der Waals surface area (Å²) in [4.78, 5) is 16.6. The van der Waals surface area contributed by atoms with Crippen molar-refractivity contribution in [2.75, 3.05) is 6.54 Å². The number of carboxylic acid groups (broad SMARTS) is 1. The molecule has 1 saturated heterocycles. The van der Waals surface area contributed by atoms with Crippen LogP contribution < -0.4 is 0 Å². The van der Waals surface area contributed by atoms with Crippen LogP contribution in [0.2, 0.25) is 0 Å². The fourth-order valence-electron chi connectivity index (χ4n) is 2.01. The smallest absolute Gasteiger partial charge is 0.407 e. The molecule has 0 bridgehead atoms. The van der Waals surface area contributed by atoms with Crippen molar-refractivity contribution in [1.82, 2.24) is 9.88 Å². The summed E-state index contributed by atoms with van der Waals surface area (Å²) < 4.78 is 0. The Morgan fingerprint density at radius 3 is 3.07 bits per heavy atom. The highest BCUT2D eigenvalue weighted by Gasteiger charge is 2.35. The Labute approximate surface area is 86.2 Å². The fourth-order valence-corrected chi connectivity index (χ4v) is 2.63. The Morgan fingerprint density at radius 2 is 2.57 bits per heavy atom. The normalized spacial score (nSPS) is 26.8. The van der Waals surface area contributed by atoms with Gasteiger partial charge in [0, 0.05) is 23.9 Å². The van der Waals surface area contributed by atoms with Gasteiger partial charge in [0.05, 0.1) is 11.2 Å². The molecule has 1 aromatic rings. The number of rotatable bonds is 1. The molecule has 2 unspecified atom stereocenters. The zero-order chi connectivity index (χ0) is 10.1. The van der Waals surface area contributed by atoms with Crippen LogP contribution in [0, 0.1) is 0 Å². The third kappa shape index (κ3) is 1.48. The van der Waals surface area contributed by atoms with Crippen molar-refractivity contribution in [2.24, 2.45) is 0 Å². The van der Waals surface area contributed by atoms with E-state index in [0.717, 1.165) is 12.1 Å². The van der Waals surface area contributed by atoms with Crippen LogP contribution in [0.5, 0.6) is 0 Å². The van der Waals surface area contributed by atoms with Crippen molar-refractivity contribution in [2.45, 2.75) is 25.3 Å². The van der Waals surface area contributed by atoms with E-state index in [0.29, 0.717) is 6.54 Å². The first-order chi connectivity index (χ1) is 6.70. The topological polar surface area (TPSA) is 53.4 Å². The van der Waals surface area contributed by atoms with Crippen LogP contribution in [0.4, 0.5) is 4.79 Å². The molecule has 4 nitrogen and oxygen atoms in total. The summed E-state index contributed by atoms with van der Waals surface area (Å²) in [6.07, 6.45) is 0.0622. The first-order valence-corrected chi connectivity index (χ1v) is 5.52. The lowest BCUT2D eigenvalue weighted by Gasteiger charge is -2.20. The minimum absolute atomic E-state index is 0.0506. The lowest BCUT2D eigenvalue weighted by Crippen LogP contribution is -2.34. The monoisotopic (exact) mass is 212 g/mol. The van der Waals surface area contributed by atoms with E-state index in [1.807, 2.05) is 12.3 Å². The number of nitrogens with zero attached hydrogens (tertiary/aromatic N) is 2. The van der Waals surface area contributed by atoms with Gasteiger partial charge in [-0.25, -0.2) is 9.78 Å². The predicted molar refractivity (Wildman–Crippen MR) is 53.7 cm³/mol. The average molecular weight is 212 g/mol. The van der Waals surface area contributed by atoms with E-state index in [-0.39, 0.29) is 12.0 Å². The van der Waals surface area contributed by atoms with Gasteiger partial charge in [-0.05, 0) is 13.3 Å². The Balaban J connectivity index is 2.15. The quantitative estimate of drug-likeness (QED) is 0.774. The molecule has 2 rings (SSSR count). The first-order valence-electron chi connectivity index (χ1n) is 4.58. The number of hydrogen-bond donors (Lipinski definition) is 1. The maximum Gasteiger partial charge on any atom is 0.407 e. The lowest BCUT2D eigenvalue weighted by molar-refractivity contribution is 0.141. The molecule has 5 heteroatoms. The van der Waals surface area contributed by atoms with E-state index >= 15 is 0 Å². The molecule has 14 heavy (non-hydrogen) atoms. The summed E-state index contributed by atoms with van der Waals surface area (Å²) in [7, 11) is 0. The van der Waals surface area contributed by atoms with Crippen molar-refractivity contribution >= 4 is 17.4 Å². The van der Waals surface area contributed by atoms with Gasteiger partial charge in [-0.2, -0.15) is 0 Å². The van der Waals surface area contributed by atoms with Crippen LogP contribution in [0.25, 0.3) is 0 Å². The third-order valence-corrected chi connectivity index (χ3v) is 3.44. The Bertz CT molecular complexity index is 326. The molecule has 0 saturated carbocycles. The van der Waals surface area contributed by atoms with E-state index in [2.05, 4.69) is 4.98 Å². The summed E-state index contributed by atoms with van der Waals surface area (Å²) in [6, 6.07) is 0.0506. The SMILES string of the molecule is CC1C(c2cscn2)CCN1C(=O)O. The predicted octanol–water partition coefficient (Wildman–Crippen LogP) is 2.00. The van der Waals surface area contributed by atoms with Crippen LogP contribution in [0.1, 0.15) is 25.0 Å². The molecule has 1 aromatic heterocycles. The highest BCUT2D eigenvalue weighted by molar-refractivity contribution is 7.07.